The molecule has 6 nitrogen and oxygen atoms in total. The molecule has 1 aromatic rings. The van der Waals surface area contributed by atoms with E-state index in [1.807, 2.05) is 6.07 Å². The smallest absolute Gasteiger partial charge is 0.407 e. The zero-order valence-electron chi connectivity index (χ0n) is 18.6. The number of hydrogen-bond acceptors (Lipinski definition) is 3. The fraction of sp³-hybridized carbons (Fsp3) is 0.680. The SMILES string of the molecule is CCC1C(N2CCC3(CC2)CC(=O)NC3Cc2ccccc2)CC12CCN(C(=O)O)C2. The number of piperidine rings is 1. The van der Waals surface area contributed by atoms with Gasteiger partial charge in [0.15, 0.2) is 0 Å². The summed E-state index contributed by atoms with van der Waals surface area (Å²) in [5.41, 5.74) is 1.58. The van der Waals surface area contributed by atoms with Crippen LogP contribution in [-0.4, -0.2) is 65.2 Å². The quantitative estimate of drug-likeness (QED) is 0.776. The molecule has 4 atom stereocenters. The van der Waals surface area contributed by atoms with Crippen molar-refractivity contribution in [3.63, 3.8) is 0 Å². The highest BCUT2D eigenvalue weighted by Gasteiger charge is 2.59. The molecule has 2 spiro atoms. The predicted molar refractivity (Wildman–Crippen MR) is 119 cm³/mol. The van der Waals surface area contributed by atoms with Crippen LogP contribution in [0.2, 0.25) is 0 Å². The summed E-state index contributed by atoms with van der Waals surface area (Å²) in [6.45, 7) is 5.78. The molecular weight excluding hydrogens is 390 g/mol. The van der Waals surface area contributed by atoms with E-state index < -0.39 is 6.09 Å². The summed E-state index contributed by atoms with van der Waals surface area (Å²) in [7, 11) is 0. The Labute approximate surface area is 185 Å². The number of amides is 2. The van der Waals surface area contributed by atoms with E-state index in [4.69, 9.17) is 0 Å². The minimum Gasteiger partial charge on any atom is -0.465 e. The molecule has 168 valence electrons. The van der Waals surface area contributed by atoms with E-state index in [2.05, 4.69) is 41.4 Å². The third-order valence-corrected chi connectivity index (χ3v) is 9.09. The van der Waals surface area contributed by atoms with Crippen LogP contribution in [0.3, 0.4) is 0 Å². The van der Waals surface area contributed by atoms with E-state index in [1.54, 1.807) is 4.90 Å². The minimum atomic E-state index is -0.766. The number of carboxylic acid groups (broad SMARTS) is 1. The lowest BCUT2D eigenvalue weighted by atomic mass is 9.54. The van der Waals surface area contributed by atoms with Crippen molar-refractivity contribution in [1.29, 1.82) is 0 Å². The summed E-state index contributed by atoms with van der Waals surface area (Å²) < 4.78 is 0. The van der Waals surface area contributed by atoms with Crippen LogP contribution in [0.5, 0.6) is 0 Å². The van der Waals surface area contributed by atoms with E-state index in [0.29, 0.717) is 31.5 Å². The fourth-order valence-electron chi connectivity index (χ4n) is 7.36. The second-order valence-corrected chi connectivity index (χ2v) is 10.5. The first-order valence-corrected chi connectivity index (χ1v) is 12.0. The van der Waals surface area contributed by atoms with Crippen LogP contribution in [-0.2, 0) is 11.2 Å². The standard InChI is InChI=1S/C25H35N3O3/c1-2-19-20(15-25(19)10-13-28(17-25)23(30)31)27-11-8-24(9-12-27)16-22(29)26-21(24)14-18-6-4-3-5-7-18/h3-7,19-21H,2,8-17H2,1H3,(H,26,29)(H,30,31). The van der Waals surface area contributed by atoms with Gasteiger partial charge in [-0.05, 0) is 62.1 Å². The minimum absolute atomic E-state index is 0.0834. The first kappa shape index (κ1) is 20.8. The van der Waals surface area contributed by atoms with Crippen molar-refractivity contribution >= 4 is 12.0 Å². The van der Waals surface area contributed by atoms with Crippen molar-refractivity contribution in [2.45, 2.75) is 64.0 Å². The summed E-state index contributed by atoms with van der Waals surface area (Å²) in [6.07, 6.45) is 6.24. The number of likely N-dealkylation sites (tertiary alicyclic amines) is 2. The van der Waals surface area contributed by atoms with E-state index in [1.165, 1.54) is 5.56 Å². The molecule has 1 saturated carbocycles. The molecule has 0 bridgehead atoms. The van der Waals surface area contributed by atoms with Crippen LogP contribution in [0, 0.1) is 16.7 Å². The van der Waals surface area contributed by atoms with Gasteiger partial charge in [-0.25, -0.2) is 4.79 Å². The summed E-state index contributed by atoms with van der Waals surface area (Å²) in [5.74, 6) is 0.803. The highest BCUT2D eigenvalue weighted by molar-refractivity contribution is 5.80. The van der Waals surface area contributed by atoms with Crippen molar-refractivity contribution in [2.75, 3.05) is 26.2 Å². The van der Waals surface area contributed by atoms with Gasteiger partial charge in [-0.2, -0.15) is 0 Å². The van der Waals surface area contributed by atoms with Gasteiger partial charge in [0.2, 0.25) is 5.91 Å². The first-order valence-electron chi connectivity index (χ1n) is 12.0. The van der Waals surface area contributed by atoms with Crippen molar-refractivity contribution in [3.8, 4) is 0 Å². The Bertz CT molecular complexity index is 836. The van der Waals surface area contributed by atoms with Crippen LogP contribution in [0.4, 0.5) is 4.79 Å². The summed E-state index contributed by atoms with van der Waals surface area (Å²) in [5, 5.41) is 12.7. The van der Waals surface area contributed by atoms with Gasteiger partial charge in [0.05, 0.1) is 0 Å². The molecule has 2 amide bonds. The highest BCUT2D eigenvalue weighted by atomic mass is 16.4. The van der Waals surface area contributed by atoms with Crippen LogP contribution in [0.25, 0.3) is 0 Å². The van der Waals surface area contributed by atoms with Crippen LogP contribution in [0.15, 0.2) is 30.3 Å². The number of carbonyl (C=O) groups excluding carboxylic acids is 1. The topological polar surface area (TPSA) is 72.9 Å². The average molecular weight is 426 g/mol. The average Bonchev–Trinajstić information content (AvgIpc) is 3.32. The zero-order valence-corrected chi connectivity index (χ0v) is 18.6. The number of rotatable bonds is 4. The lowest BCUT2D eigenvalue weighted by molar-refractivity contribution is -0.120. The Morgan fingerprint density at radius 2 is 1.84 bits per heavy atom. The molecule has 31 heavy (non-hydrogen) atoms. The summed E-state index contributed by atoms with van der Waals surface area (Å²) in [6, 6.07) is 11.3. The first-order chi connectivity index (χ1) is 14.9. The number of hydrogen-bond donors (Lipinski definition) is 2. The van der Waals surface area contributed by atoms with Gasteiger partial charge in [-0.1, -0.05) is 43.7 Å². The summed E-state index contributed by atoms with van der Waals surface area (Å²) >= 11 is 0. The second-order valence-electron chi connectivity index (χ2n) is 10.5. The lowest BCUT2D eigenvalue weighted by Crippen LogP contribution is -2.62. The van der Waals surface area contributed by atoms with E-state index in [-0.39, 0.29) is 22.8 Å². The fourth-order valence-corrected chi connectivity index (χ4v) is 7.36. The molecule has 0 radical (unpaired) electrons. The van der Waals surface area contributed by atoms with E-state index in [9.17, 15) is 14.7 Å². The van der Waals surface area contributed by atoms with Crippen molar-refractivity contribution < 1.29 is 14.7 Å². The maximum Gasteiger partial charge on any atom is 0.407 e. The van der Waals surface area contributed by atoms with Gasteiger partial charge in [-0.3, -0.25) is 4.79 Å². The van der Waals surface area contributed by atoms with Crippen molar-refractivity contribution in [2.24, 2.45) is 16.7 Å². The Kier molecular flexibility index (Phi) is 5.24. The Balaban J connectivity index is 1.23. The molecule has 4 aliphatic rings. The third-order valence-electron chi connectivity index (χ3n) is 9.09. The normalized spacial score (nSPS) is 34.8. The monoisotopic (exact) mass is 425 g/mol. The molecule has 2 N–H and O–H groups in total. The lowest BCUT2D eigenvalue weighted by Gasteiger charge is -2.59. The number of nitrogens with zero attached hydrogens (tertiary/aromatic N) is 2. The van der Waals surface area contributed by atoms with Gasteiger partial charge in [0.25, 0.3) is 0 Å². The van der Waals surface area contributed by atoms with Crippen LogP contribution >= 0.6 is 0 Å². The largest absolute Gasteiger partial charge is 0.465 e. The predicted octanol–water partition coefficient (Wildman–Crippen LogP) is 3.37. The Morgan fingerprint density at radius 1 is 1.13 bits per heavy atom. The van der Waals surface area contributed by atoms with Crippen molar-refractivity contribution in [3.05, 3.63) is 35.9 Å². The van der Waals surface area contributed by atoms with Gasteiger partial charge >= 0.3 is 6.09 Å². The molecule has 0 aromatic heterocycles. The molecular formula is C25H35N3O3. The maximum absolute atomic E-state index is 12.4. The van der Waals surface area contributed by atoms with Gasteiger partial charge in [-0.15, -0.1) is 0 Å². The highest BCUT2D eigenvalue weighted by Crippen LogP contribution is 2.57. The molecule has 5 rings (SSSR count). The van der Waals surface area contributed by atoms with Crippen molar-refractivity contribution in [1.82, 2.24) is 15.1 Å². The molecule has 1 aromatic carbocycles. The molecule has 6 heteroatoms. The van der Waals surface area contributed by atoms with Gasteiger partial charge in [0, 0.05) is 37.0 Å². The molecule has 3 heterocycles. The zero-order chi connectivity index (χ0) is 21.6. The van der Waals surface area contributed by atoms with E-state index in [0.717, 1.165) is 51.6 Å². The van der Waals surface area contributed by atoms with Crippen LogP contribution in [0.1, 0.15) is 51.0 Å². The maximum atomic E-state index is 12.4. The molecule has 1 aliphatic carbocycles. The molecule has 4 unspecified atom stereocenters. The Hall–Kier alpha value is -2.08. The van der Waals surface area contributed by atoms with Crippen LogP contribution < -0.4 is 5.32 Å². The van der Waals surface area contributed by atoms with Gasteiger partial charge in [0.1, 0.15) is 0 Å². The third kappa shape index (κ3) is 3.53. The molecule has 4 fully saturated rings. The van der Waals surface area contributed by atoms with E-state index >= 15 is 0 Å². The number of carbonyl (C=O) groups is 2. The number of benzene rings is 1. The second kappa shape index (κ2) is 7.80. The summed E-state index contributed by atoms with van der Waals surface area (Å²) in [4.78, 5) is 28.1. The molecule has 3 saturated heterocycles. The molecule has 3 aliphatic heterocycles. The number of nitrogens with one attached hydrogen (secondary N) is 1. The van der Waals surface area contributed by atoms with Gasteiger partial charge < -0.3 is 20.2 Å². The Morgan fingerprint density at radius 3 is 2.48 bits per heavy atom.